The minimum absolute atomic E-state index is 0.0373. The van der Waals surface area contributed by atoms with Gasteiger partial charge in [-0.3, -0.25) is 4.79 Å². The molecule has 1 unspecified atom stereocenters. The van der Waals surface area contributed by atoms with Crippen molar-refractivity contribution >= 4 is 17.2 Å². The van der Waals surface area contributed by atoms with Gasteiger partial charge in [-0.15, -0.1) is 11.3 Å². The SMILES string of the molecule is CCC1c2ccsc2CCN1C(=O)c1cc(OC)c(C)c(OC)c1. The summed E-state index contributed by atoms with van der Waals surface area (Å²) in [5, 5.41) is 2.12. The van der Waals surface area contributed by atoms with Crippen molar-refractivity contribution in [3.8, 4) is 11.5 Å². The van der Waals surface area contributed by atoms with Crippen LogP contribution in [0.2, 0.25) is 0 Å². The van der Waals surface area contributed by atoms with Crippen molar-refractivity contribution in [2.75, 3.05) is 20.8 Å². The molecular formula is C19H23NO3S. The Morgan fingerprint density at radius 2 is 1.96 bits per heavy atom. The summed E-state index contributed by atoms with van der Waals surface area (Å²) in [4.78, 5) is 16.6. The first-order chi connectivity index (χ1) is 11.6. The number of nitrogens with zero attached hydrogens (tertiary/aromatic N) is 1. The van der Waals surface area contributed by atoms with Gasteiger partial charge in [-0.05, 0) is 48.9 Å². The minimum atomic E-state index is 0.0373. The molecule has 0 bridgehead atoms. The first kappa shape index (κ1) is 16.8. The van der Waals surface area contributed by atoms with Crippen LogP contribution in [0.5, 0.6) is 11.5 Å². The highest BCUT2D eigenvalue weighted by Crippen LogP contribution is 2.37. The molecule has 1 atom stereocenters. The number of carbonyl (C=O) groups is 1. The van der Waals surface area contributed by atoms with Crippen molar-refractivity contribution in [2.24, 2.45) is 0 Å². The molecule has 24 heavy (non-hydrogen) atoms. The standard InChI is InChI=1S/C19H23NO3S/c1-5-15-14-7-9-24-18(14)6-8-20(15)19(21)13-10-16(22-3)12(2)17(11-13)23-4/h7,9-11,15H,5-6,8H2,1-4H3. The predicted molar refractivity (Wildman–Crippen MR) is 96.4 cm³/mol. The number of benzene rings is 1. The van der Waals surface area contributed by atoms with Gasteiger partial charge >= 0.3 is 0 Å². The second-order valence-corrected chi connectivity index (χ2v) is 6.98. The normalized spacial score (nSPS) is 16.7. The van der Waals surface area contributed by atoms with Crippen LogP contribution < -0.4 is 9.47 Å². The number of amides is 1. The predicted octanol–water partition coefficient (Wildman–Crippen LogP) is 4.22. The lowest BCUT2D eigenvalue weighted by Crippen LogP contribution is -2.39. The van der Waals surface area contributed by atoms with E-state index in [1.165, 1.54) is 10.4 Å². The van der Waals surface area contributed by atoms with Crippen molar-refractivity contribution in [1.29, 1.82) is 0 Å². The van der Waals surface area contributed by atoms with Crippen molar-refractivity contribution in [1.82, 2.24) is 4.90 Å². The molecule has 0 spiro atoms. The number of hydrogen-bond acceptors (Lipinski definition) is 4. The van der Waals surface area contributed by atoms with Crippen LogP contribution in [-0.2, 0) is 6.42 Å². The number of carbonyl (C=O) groups excluding carboxylic acids is 1. The van der Waals surface area contributed by atoms with Crippen molar-refractivity contribution in [2.45, 2.75) is 32.7 Å². The van der Waals surface area contributed by atoms with Crippen LogP contribution in [0, 0.1) is 6.92 Å². The Morgan fingerprint density at radius 3 is 2.54 bits per heavy atom. The fourth-order valence-corrected chi connectivity index (χ4v) is 4.38. The molecule has 1 aromatic heterocycles. The molecular weight excluding hydrogens is 322 g/mol. The molecule has 0 saturated carbocycles. The monoisotopic (exact) mass is 345 g/mol. The van der Waals surface area contributed by atoms with E-state index in [-0.39, 0.29) is 11.9 Å². The van der Waals surface area contributed by atoms with E-state index < -0.39 is 0 Å². The molecule has 2 heterocycles. The zero-order chi connectivity index (χ0) is 17.3. The Balaban J connectivity index is 1.97. The summed E-state index contributed by atoms with van der Waals surface area (Å²) in [7, 11) is 3.23. The second kappa shape index (κ2) is 6.85. The van der Waals surface area contributed by atoms with Gasteiger partial charge in [0.25, 0.3) is 5.91 Å². The largest absolute Gasteiger partial charge is 0.496 e. The van der Waals surface area contributed by atoms with Gasteiger partial charge in [-0.2, -0.15) is 0 Å². The topological polar surface area (TPSA) is 38.8 Å². The van der Waals surface area contributed by atoms with Crippen LogP contribution in [0.4, 0.5) is 0 Å². The molecule has 1 amide bonds. The van der Waals surface area contributed by atoms with E-state index in [2.05, 4.69) is 18.4 Å². The summed E-state index contributed by atoms with van der Waals surface area (Å²) in [5.74, 6) is 1.40. The van der Waals surface area contributed by atoms with E-state index in [0.29, 0.717) is 17.1 Å². The molecule has 1 aliphatic heterocycles. The van der Waals surface area contributed by atoms with Crippen LogP contribution >= 0.6 is 11.3 Å². The Labute approximate surface area is 147 Å². The van der Waals surface area contributed by atoms with Crippen LogP contribution in [0.3, 0.4) is 0 Å². The molecule has 0 aliphatic carbocycles. The summed E-state index contributed by atoms with van der Waals surface area (Å²) in [6.45, 7) is 4.82. The zero-order valence-electron chi connectivity index (χ0n) is 14.6. The quantitative estimate of drug-likeness (QED) is 0.833. The Kier molecular flexibility index (Phi) is 4.81. The van der Waals surface area contributed by atoms with Crippen LogP contribution in [0.1, 0.15) is 45.7 Å². The average molecular weight is 345 g/mol. The van der Waals surface area contributed by atoms with Gasteiger partial charge in [0.05, 0.1) is 20.3 Å². The fraction of sp³-hybridized carbons (Fsp3) is 0.421. The number of ether oxygens (including phenoxy) is 2. The first-order valence-electron chi connectivity index (χ1n) is 8.20. The summed E-state index contributed by atoms with van der Waals surface area (Å²) in [5.41, 5.74) is 2.82. The van der Waals surface area contributed by atoms with Gasteiger partial charge in [-0.1, -0.05) is 6.92 Å². The van der Waals surface area contributed by atoms with Crippen molar-refractivity contribution in [3.63, 3.8) is 0 Å². The summed E-state index contributed by atoms with van der Waals surface area (Å²) in [6, 6.07) is 5.93. The van der Waals surface area contributed by atoms with E-state index in [4.69, 9.17) is 9.47 Å². The summed E-state index contributed by atoms with van der Waals surface area (Å²) < 4.78 is 10.8. The van der Waals surface area contributed by atoms with Gasteiger partial charge in [-0.25, -0.2) is 0 Å². The van der Waals surface area contributed by atoms with Crippen molar-refractivity contribution in [3.05, 3.63) is 45.1 Å². The highest BCUT2D eigenvalue weighted by molar-refractivity contribution is 7.10. The highest BCUT2D eigenvalue weighted by atomic mass is 32.1. The molecule has 0 radical (unpaired) electrons. The number of thiophene rings is 1. The van der Waals surface area contributed by atoms with E-state index in [9.17, 15) is 4.79 Å². The molecule has 1 aromatic carbocycles. The molecule has 3 rings (SSSR count). The van der Waals surface area contributed by atoms with E-state index in [1.807, 2.05) is 24.0 Å². The summed E-state index contributed by atoms with van der Waals surface area (Å²) in [6.07, 6.45) is 1.84. The smallest absolute Gasteiger partial charge is 0.254 e. The van der Waals surface area contributed by atoms with Crippen molar-refractivity contribution < 1.29 is 14.3 Å². The van der Waals surface area contributed by atoms with Gasteiger partial charge < -0.3 is 14.4 Å². The van der Waals surface area contributed by atoms with Gasteiger partial charge in [0, 0.05) is 22.5 Å². The molecule has 0 fully saturated rings. The van der Waals surface area contributed by atoms with E-state index >= 15 is 0 Å². The Bertz CT molecular complexity index is 728. The molecule has 4 nitrogen and oxygen atoms in total. The maximum Gasteiger partial charge on any atom is 0.254 e. The lowest BCUT2D eigenvalue weighted by atomic mass is 9.96. The molecule has 128 valence electrons. The van der Waals surface area contributed by atoms with Crippen LogP contribution in [-0.4, -0.2) is 31.6 Å². The Morgan fingerprint density at radius 1 is 1.29 bits per heavy atom. The number of methoxy groups -OCH3 is 2. The highest BCUT2D eigenvalue weighted by Gasteiger charge is 2.31. The molecule has 1 aliphatic rings. The lowest BCUT2D eigenvalue weighted by molar-refractivity contribution is 0.0656. The molecule has 0 N–H and O–H groups in total. The third-order valence-electron chi connectivity index (χ3n) is 4.74. The minimum Gasteiger partial charge on any atom is -0.496 e. The second-order valence-electron chi connectivity index (χ2n) is 5.98. The van der Waals surface area contributed by atoms with E-state index in [0.717, 1.165) is 24.9 Å². The van der Waals surface area contributed by atoms with Gasteiger partial charge in [0.2, 0.25) is 0 Å². The third-order valence-corrected chi connectivity index (χ3v) is 5.74. The Hall–Kier alpha value is -2.01. The van der Waals surface area contributed by atoms with E-state index in [1.54, 1.807) is 25.6 Å². The van der Waals surface area contributed by atoms with Crippen LogP contribution in [0.15, 0.2) is 23.6 Å². The fourth-order valence-electron chi connectivity index (χ4n) is 3.46. The molecule has 0 saturated heterocycles. The number of fused-ring (bicyclic) bond motifs is 1. The molecule has 5 heteroatoms. The first-order valence-corrected chi connectivity index (χ1v) is 9.08. The maximum absolute atomic E-state index is 13.2. The third kappa shape index (κ3) is 2.77. The lowest BCUT2D eigenvalue weighted by Gasteiger charge is -2.35. The number of hydrogen-bond donors (Lipinski definition) is 0. The number of rotatable bonds is 4. The maximum atomic E-state index is 13.2. The van der Waals surface area contributed by atoms with Gasteiger partial charge in [0.1, 0.15) is 11.5 Å². The van der Waals surface area contributed by atoms with Crippen LogP contribution in [0.25, 0.3) is 0 Å². The average Bonchev–Trinajstić information content (AvgIpc) is 3.09. The van der Waals surface area contributed by atoms with Gasteiger partial charge in [0.15, 0.2) is 0 Å². The zero-order valence-corrected chi connectivity index (χ0v) is 15.4. The molecule has 2 aromatic rings. The summed E-state index contributed by atoms with van der Waals surface area (Å²) >= 11 is 1.79.